The van der Waals surface area contributed by atoms with Crippen molar-refractivity contribution in [3.8, 4) is 0 Å². The van der Waals surface area contributed by atoms with Crippen molar-refractivity contribution in [1.82, 2.24) is 10.2 Å². The number of aromatic nitrogens is 2. The highest BCUT2D eigenvalue weighted by molar-refractivity contribution is 7.15. The molecule has 27 heavy (non-hydrogen) atoms. The maximum absolute atomic E-state index is 13.0. The fourth-order valence-corrected chi connectivity index (χ4v) is 2.91. The molecule has 1 aromatic heterocycles. The Bertz CT molecular complexity index is 813. The van der Waals surface area contributed by atoms with Crippen LogP contribution in [0.1, 0.15) is 34.6 Å². The number of rotatable bonds is 9. The van der Waals surface area contributed by atoms with Gasteiger partial charge in [-0.3, -0.25) is 14.4 Å². The fraction of sp³-hybridized carbons (Fsp3) is 0.353. The van der Waals surface area contributed by atoms with Gasteiger partial charge in [-0.2, -0.15) is 0 Å². The molecule has 1 aromatic carbocycles. The second kappa shape index (κ2) is 10.1. The van der Waals surface area contributed by atoms with Gasteiger partial charge < -0.3 is 10.1 Å². The minimum Gasteiger partial charge on any atom is -0.454 e. The van der Waals surface area contributed by atoms with Crippen molar-refractivity contribution in [3.05, 3.63) is 40.7 Å². The van der Waals surface area contributed by atoms with Crippen molar-refractivity contribution in [1.29, 1.82) is 0 Å². The largest absolute Gasteiger partial charge is 0.454 e. The van der Waals surface area contributed by atoms with Crippen LogP contribution in [0.5, 0.6) is 0 Å². The summed E-state index contributed by atoms with van der Waals surface area (Å²) in [5, 5.41) is 11.1. The molecule has 0 aliphatic carbocycles. The average molecular weight is 414 g/mol. The number of esters is 1. The molecule has 10 heteroatoms. The molecule has 0 fully saturated rings. The Morgan fingerprint density at radius 2 is 1.93 bits per heavy atom. The lowest BCUT2D eigenvalue weighted by Crippen LogP contribution is -2.28. The summed E-state index contributed by atoms with van der Waals surface area (Å²) in [4.78, 5) is 36.2. The topological polar surface area (TPSA) is 98.2 Å². The zero-order valence-electron chi connectivity index (χ0n) is 14.4. The number of amides is 1. The summed E-state index contributed by atoms with van der Waals surface area (Å²) >= 11 is 6.89. The number of hydrogen-bond donors (Lipinski definition) is 1. The third-order valence-corrected chi connectivity index (χ3v) is 4.37. The number of ketones is 1. The van der Waals surface area contributed by atoms with E-state index in [0.717, 1.165) is 12.1 Å². The van der Waals surface area contributed by atoms with Crippen molar-refractivity contribution in [3.63, 3.8) is 0 Å². The molecule has 2 rings (SSSR count). The minimum atomic E-state index is -1.09. The number of benzene rings is 1. The van der Waals surface area contributed by atoms with Crippen LogP contribution in [-0.4, -0.2) is 39.8 Å². The SMILES string of the molecule is Cc1nnc(NC(=O)CCC(=O)O[C@@H](CCCl)C(=O)c2ccc(F)cc2)s1. The van der Waals surface area contributed by atoms with Crippen LogP contribution in [0.3, 0.4) is 0 Å². The highest BCUT2D eigenvalue weighted by atomic mass is 35.5. The number of carbonyl (C=O) groups is 3. The van der Waals surface area contributed by atoms with Gasteiger partial charge >= 0.3 is 5.97 Å². The van der Waals surface area contributed by atoms with Crippen LogP contribution in [0.25, 0.3) is 0 Å². The van der Waals surface area contributed by atoms with E-state index < -0.39 is 29.6 Å². The zero-order valence-corrected chi connectivity index (χ0v) is 16.0. The molecule has 2 aromatic rings. The lowest BCUT2D eigenvalue weighted by molar-refractivity contribution is -0.148. The van der Waals surface area contributed by atoms with Crippen LogP contribution in [-0.2, 0) is 14.3 Å². The molecule has 1 amide bonds. The Morgan fingerprint density at radius 3 is 2.52 bits per heavy atom. The van der Waals surface area contributed by atoms with E-state index in [2.05, 4.69) is 15.5 Å². The summed E-state index contributed by atoms with van der Waals surface area (Å²) in [5.41, 5.74) is 0.212. The van der Waals surface area contributed by atoms with E-state index >= 15 is 0 Å². The summed E-state index contributed by atoms with van der Waals surface area (Å²) in [7, 11) is 0. The number of halogens is 2. The molecule has 1 heterocycles. The maximum atomic E-state index is 13.0. The van der Waals surface area contributed by atoms with E-state index in [1.165, 1.54) is 23.5 Å². The number of hydrogen-bond acceptors (Lipinski definition) is 7. The Morgan fingerprint density at radius 1 is 1.22 bits per heavy atom. The highest BCUT2D eigenvalue weighted by Gasteiger charge is 2.24. The Balaban J connectivity index is 1.87. The lowest BCUT2D eigenvalue weighted by atomic mass is 10.0. The van der Waals surface area contributed by atoms with Crippen LogP contribution in [0.2, 0.25) is 0 Å². The summed E-state index contributed by atoms with van der Waals surface area (Å²) < 4.78 is 18.1. The molecule has 0 aliphatic rings. The molecule has 1 atom stereocenters. The highest BCUT2D eigenvalue weighted by Crippen LogP contribution is 2.15. The molecular formula is C17H17ClFN3O4S. The van der Waals surface area contributed by atoms with Crippen molar-refractivity contribution in [2.24, 2.45) is 0 Å². The number of nitrogens with one attached hydrogen (secondary N) is 1. The van der Waals surface area contributed by atoms with Gasteiger partial charge in [0.2, 0.25) is 16.8 Å². The number of alkyl halides is 1. The lowest BCUT2D eigenvalue weighted by Gasteiger charge is -2.16. The van der Waals surface area contributed by atoms with Gasteiger partial charge in [0, 0.05) is 24.3 Å². The quantitative estimate of drug-likeness (QED) is 0.385. The van der Waals surface area contributed by atoms with Crippen LogP contribution in [0.4, 0.5) is 9.52 Å². The Kier molecular flexibility index (Phi) is 7.81. The third kappa shape index (κ3) is 6.69. The van der Waals surface area contributed by atoms with Crippen LogP contribution in [0.15, 0.2) is 24.3 Å². The van der Waals surface area contributed by atoms with Gasteiger partial charge in [-0.15, -0.1) is 21.8 Å². The first-order valence-electron chi connectivity index (χ1n) is 8.04. The van der Waals surface area contributed by atoms with E-state index in [1.807, 2.05) is 0 Å². The van der Waals surface area contributed by atoms with Crippen LogP contribution in [0, 0.1) is 12.7 Å². The van der Waals surface area contributed by atoms with Crippen molar-refractivity contribution in [2.45, 2.75) is 32.3 Å². The van der Waals surface area contributed by atoms with Crippen LogP contribution < -0.4 is 5.32 Å². The molecule has 7 nitrogen and oxygen atoms in total. The van der Waals surface area contributed by atoms with E-state index in [1.54, 1.807) is 6.92 Å². The monoisotopic (exact) mass is 413 g/mol. The maximum Gasteiger partial charge on any atom is 0.307 e. The predicted molar refractivity (Wildman–Crippen MR) is 98.5 cm³/mol. The first-order chi connectivity index (χ1) is 12.9. The number of Topliss-reactive ketones (excluding diaryl/α,β-unsaturated/α-hetero) is 1. The average Bonchev–Trinajstić information content (AvgIpc) is 3.04. The normalized spacial score (nSPS) is 11.7. The van der Waals surface area contributed by atoms with Gasteiger partial charge in [-0.25, -0.2) is 4.39 Å². The number of ether oxygens (including phenoxy) is 1. The molecule has 0 unspecified atom stereocenters. The number of aryl methyl sites for hydroxylation is 1. The molecule has 144 valence electrons. The van der Waals surface area contributed by atoms with Crippen molar-refractivity contribution >= 4 is 45.7 Å². The summed E-state index contributed by atoms with van der Waals surface area (Å²) in [6.45, 7) is 1.75. The van der Waals surface area contributed by atoms with Gasteiger partial charge in [0.05, 0.1) is 6.42 Å². The molecular weight excluding hydrogens is 397 g/mol. The minimum absolute atomic E-state index is 0.0990. The first kappa shape index (κ1) is 20.9. The van der Waals surface area contributed by atoms with Gasteiger partial charge in [0.15, 0.2) is 6.10 Å². The molecule has 0 spiro atoms. The molecule has 1 N–H and O–H groups in total. The zero-order chi connectivity index (χ0) is 19.8. The summed E-state index contributed by atoms with van der Waals surface area (Å²) in [5.74, 6) is -1.97. The van der Waals surface area contributed by atoms with E-state index in [0.29, 0.717) is 10.1 Å². The second-order valence-electron chi connectivity index (χ2n) is 5.50. The Labute approximate surface area is 163 Å². The van der Waals surface area contributed by atoms with Gasteiger partial charge in [-0.05, 0) is 31.2 Å². The first-order valence-corrected chi connectivity index (χ1v) is 9.39. The molecule has 0 saturated carbocycles. The van der Waals surface area contributed by atoms with E-state index in [4.69, 9.17) is 16.3 Å². The second-order valence-corrected chi connectivity index (χ2v) is 7.06. The number of anilines is 1. The standard InChI is InChI=1S/C17H17ClFN3O4S/c1-10-21-22-17(27-10)20-14(23)6-7-15(24)26-13(8-9-18)16(25)11-2-4-12(19)5-3-11/h2-5,13H,6-9H2,1H3,(H,20,22,23)/t13-/m0/s1. The molecule has 0 radical (unpaired) electrons. The van der Waals surface area contributed by atoms with Gasteiger partial charge in [0.25, 0.3) is 0 Å². The molecule has 0 saturated heterocycles. The fourth-order valence-electron chi connectivity index (χ4n) is 2.10. The van der Waals surface area contributed by atoms with E-state index in [9.17, 15) is 18.8 Å². The van der Waals surface area contributed by atoms with Crippen molar-refractivity contribution in [2.75, 3.05) is 11.2 Å². The van der Waals surface area contributed by atoms with E-state index in [-0.39, 0.29) is 30.7 Å². The van der Waals surface area contributed by atoms with Crippen molar-refractivity contribution < 1.29 is 23.5 Å². The molecule has 0 aliphatic heterocycles. The van der Waals surface area contributed by atoms with Gasteiger partial charge in [-0.1, -0.05) is 11.3 Å². The third-order valence-electron chi connectivity index (χ3n) is 3.39. The summed E-state index contributed by atoms with van der Waals surface area (Å²) in [6.07, 6.45) is -1.32. The van der Waals surface area contributed by atoms with Crippen LogP contribution >= 0.6 is 22.9 Å². The predicted octanol–water partition coefficient (Wildman–Crippen LogP) is 3.13. The number of carbonyl (C=O) groups excluding carboxylic acids is 3. The Hall–Kier alpha value is -2.39. The summed E-state index contributed by atoms with van der Waals surface area (Å²) in [6, 6.07) is 4.91. The molecule has 0 bridgehead atoms. The van der Waals surface area contributed by atoms with Gasteiger partial charge in [0.1, 0.15) is 10.8 Å². The number of nitrogens with zero attached hydrogens (tertiary/aromatic N) is 2. The smallest absolute Gasteiger partial charge is 0.307 e.